The summed E-state index contributed by atoms with van der Waals surface area (Å²) in [5.41, 5.74) is 1.37. The number of phenolic OH excluding ortho intramolecular Hbond substituents is 1. The summed E-state index contributed by atoms with van der Waals surface area (Å²) in [6.07, 6.45) is 1.45. The molecular weight excluding hydrogens is 314 g/mol. The minimum atomic E-state index is -0.622. The molecule has 0 saturated heterocycles. The maximum Gasteiger partial charge on any atom is 0.236 e. The Balaban J connectivity index is 1.68. The molecule has 1 fully saturated rings. The lowest BCUT2D eigenvalue weighted by molar-refractivity contribution is -0.118. The maximum atomic E-state index is 12.9. The summed E-state index contributed by atoms with van der Waals surface area (Å²) in [6, 6.07) is 12.3. The first-order valence-corrected chi connectivity index (χ1v) is 7.72. The van der Waals surface area contributed by atoms with Crippen LogP contribution in [0.2, 0.25) is 0 Å². The number of aromatic hydroxyl groups is 1. The van der Waals surface area contributed by atoms with Crippen LogP contribution in [0.15, 0.2) is 48.5 Å². The van der Waals surface area contributed by atoms with Crippen molar-refractivity contribution in [3.8, 4) is 5.75 Å². The number of amides is 1. The third-order valence-electron chi connectivity index (χ3n) is 3.90. The molecule has 0 radical (unpaired) electrons. The minimum absolute atomic E-state index is 0.122. The van der Waals surface area contributed by atoms with Gasteiger partial charge in [-0.3, -0.25) is 4.79 Å². The lowest BCUT2D eigenvalue weighted by Crippen LogP contribution is -2.34. The van der Waals surface area contributed by atoms with Gasteiger partial charge < -0.3 is 15.7 Å². The zero-order chi connectivity index (χ0) is 16.4. The maximum absolute atomic E-state index is 12.9. The number of hydrogen-bond acceptors (Lipinski definition) is 2. The summed E-state index contributed by atoms with van der Waals surface area (Å²) < 4.78 is 12.9. The van der Waals surface area contributed by atoms with Crippen molar-refractivity contribution in [2.45, 2.75) is 12.8 Å². The van der Waals surface area contributed by atoms with E-state index in [9.17, 15) is 14.3 Å². The predicted molar refractivity (Wildman–Crippen MR) is 91.7 cm³/mol. The van der Waals surface area contributed by atoms with Crippen molar-refractivity contribution in [3.05, 3.63) is 54.3 Å². The van der Waals surface area contributed by atoms with E-state index < -0.39 is 5.41 Å². The highest BCUT2D eigenvalue weighted by molar-refractivity contribution is 7.22. The van der Waals surface area contributed by atoms with E-state index in [2.05, 4.69) is 19.5 Å². The molecule has 1 amide bonds. The molecular formula is C17H16FN2O2P. The topological polar surface area (TPSA) is 61.4 Å². The number of carbonyl (C=O) groups excluding carboxylic acids is 1. The minimum Gasteiger partial charge on any atom is -0.508 e. The van der Waals surface area contributed by atoms with Crippen molar-refractivity contribution in [3.63, 3.8) is 0 Å². The summed E-state index contributed by atoms with van der Waals surface area (Å²) in [5, 5.41) is 15.2. The second kappa shape index (κ2) is 6.01. The summed E-state index contributed by atoms with van der Waals surface area (Å²) in [4.78, 5) is 12.5. The molecule has 4 nitrogen and oxygen atoms in total. The van der Waals surface area contributed by atoms with Crippen LogP contribution in [-0.4, -0.2) is 16.4 Å². The fourth-order valence-electron chi connectivity index (χ4n) is 2.31. The Labute approximate surface area is 135 Å². The molecule has 0 aliphatic heterocycles. The zero-order valence-electron chi connectivity index (χ0n) is 12.3. The molecule has 6 heteroatoms. The van der Waals surface area contributed by atoms with Crippen molar-refractivity contribution >= 4 is 31.6 Å². The highest BCUT2D eigenvalue weighted by Crippen LogP contribution is 2.48. The van der Waals surface area contributed by atoms with E-state index in [1.165, 1.54) is 24.3 Å². The summed E-state index contributed by atoms with van der Waals surface area (Å²) >= 11 is 0. The quantitative estimate of drug-likeness (QED) is 0.579. The van der Waals surface area contributed by atoms with Gasteiger partial charge in [0.25, 0.3) is 0 Å². The number of rotatable bonds is 5. The number of hydrogen-bond donors (Lipinski definition) is 3. The molecule has 1 aliphatic rings. The van der Waals surface area contributed by atoms with E-state index >= 15 is 0 Å². The normalized spacial score (nSPS) is 14.8. The van der Waals surface area contributed by atoms with Crippen LogP contribution in [0.25, 0.3) is 0 Å². The van der Waals surface area contributed by atoms with E-state index in [1.807, 2.05) is 0 Å². The monoisotopic (exact) mass is 330 g/mol. The highest BCUT2D eigenvalue weighted by Gasteiger charge is 2.53. The van der Waals surface area contributed by atoms with Crippen molar-refractivity contribution in [2.75, 3.05) is 10.6 Å². The van der Waals surface area contributed by atoms with Gasteiger partial charge in [-0.25, -0.2) is 4.39 Å². The van der Waals surface area contributed by atoms with Gasteiger partial charge >= 0.3 is 0 Å². The molecule has 3 N–H and O–H groups in total. The molecule has 0 bridgehead atoms. The van der Waals surface area contributed by atoms with Gasteiger partial charge in [-0.15, -0.1) is 0 Å². The Hall–Kier alpha value is -2.39. The second-order valence-corrected chi connectivity index (χ2v) is 6.09. The Bertz CT molecular complexity index is 679. The van der Waals surface area contributed by atoms with Crippen LogP contribution in [0, 0.1) is 11.2 Å². The molecule has 1 saturated carbocycles. The average Bonchev–Trinajstić information content (AvgIpc) is 3.34. The van der Waals surface area contributed by atoms with Gasteiger partial charge in [-0.2, -0.15) is 0 Å². The van der Waals surface area contributed by atoms with Gasteiger partial charge in [0.1, 0.15) is 11.6 Å². The summed E-state index contributed by atoms with van der Waals surface area (Å²) in [5.74, 6) is -0.283. The van der Waals surface area contributed by atoms with Crippen LogP contribution >= 0.6 is 8.86 Å². The Morgan fingerprint density at radius 2 is 1.52 bits per heavy atom. The van der Waals surface area contributed by atoms with E-state index in [1.54, 1.807) is 24.3 Å². The van der Waals surface area contributed by atoms with Gasteiger partial charge in [-0.05, 0) is 61.4 Å². The number of nitrogens with one attached hydrogen (secondary N) is 2. The number of benzene rings is 2. The predicted octanol–water partition coefficient (Wildman–Crippen LogP) is 3.63. The van der Waals surface area contributed by atoms with Gasteiger partial charge in [0, 0.05) is 11.4 Å². The van der Waals surface area contributed by atoms with Gasteiger partial charge in [-0.1, -0.05) is 8.86 Å². The largest absolute Gasteiger partial charge is 0.508 e. The van der Waals surface area contributed by atoms with E-state index in [-0.39, 0.29) is 17.5 Å². The van der Waals surface area contributed by atoms with Crippen molar-refractivity contribution in [1.82, 2.24) is 0 Å². The lowest BCUT2D eigenvalue weighted by Gasteiger charge is -2.19. The van der Waals surface area contributed by atoms with Gasteiger partial charge in [0.2, 0.25) is 5.91 Å². The smallest absolute Gasteiger partial charge is 0.236 e. The molecule has 0 atom stereocenters. The molecule has 0 unspecified atom stereocenters. The van der Waals surface area contributed by atoms with Crippen LogP contribution in [0.4, 0.5) is 15.8 Å². The second-order valence-electron chi connectivity index (χ2n) is 5.59. The van der Waals surface area contributed by atoms with Crippen LogP contribution < -0.4 is 10.6 Å². The van der Waals surface area contributed by atoms with E-state index in [0.717, 1.165) is 12.8 Å². The van der Waals surface area contributed by atoms with Gasteiger partial charge in [0.05, 0.1) is 10.8 Å². The fourth-order valence-corrected chi connectivity index (χ4v) is 2.82. The number of halogens is 1. The van der Waals surface area contributed by atoms with Gasteiger partial charge in [0.15, 0.2) is 0 Å². The Kier molecular flexibility index (Phi) is 4.05. The average molecular weight is 330 g/mol. The number of phenols is 1. The molecule has 118 valence electrons. The first kappa shape index (κ1) is 15.5. The molecule has 1 aliphatic carbocycles. The van der Waals surface area contributed by atoms with Crippen molar-refractivity contribution in [1.29, 1.82) is 0 Å². The molecule has 3 rings (SSSR count). The first-order valence-electron chi connectivity index (χ1n) is 7.22. The highest BCUT2D eigenvalue weighted by atomic mass is 31.0. The lowest BCUT2D eigenvalue weighted by atomic mass is 10.1. The van der Waals surface area contributed by atoms with Crippen LogP contribution in [-0.2, 0) is 4.79 Å². The standard InChI is InChI=1S/C17H16FN2O2P/c18-11-1-3-13(4-2-11)20-16(23)17(9-10-17)15(22)19-12-5-7-14(21)8-6-12/h1-8,20-21,23H,9-10H2,(H,19,22). The fraction of sp³-hybridized carbons (Fsp3) is 0.176. The molecule has 0 aromatic heterocycles. The first-order chi connectivity index (χ1) is 11.0. The van der Waals surface area contributed by atoms with Crippen LogP contribution in [0.3, 0.4) is 0 Å². The Morgan fingerprint density at radius 3 is 2.09 bits per heavy atom. The Morgan fingerprint density at radius 1 is 1.00 bits per heavy atom. The van der Waals surface area contributed by atoms with E-state index in [0.29, 0.717) is 16.8 Å². The molecule has 23 heavy (non-hydrogen) atoms. The zero-order valence-corrected chi connectivity index (χ0v) is 13.3. The summed E-state index contributed by atoms with van der Waals surface area (Å²) in [6.45, 7) is 0. The molecule has 0 spiro atoms. The van der Waals surface area contributed by atoms with Crippen molar-refractivity contribution < 1.29 is 14.3 Å². The SMILES string of the molecule is O=C(Nc1ccc(O)cc1)C1(C(=P)Nc2ccc(F)cc2)CC1. The third-order valence-corrected chi connectivity index (χ3v) is 4.51. The van der Waals surface area contributed by atoms with E-state index in [4.69, 9.17) is 0 Å². The number of anilines is 2. The number of carbonyl (C=O) groups is 1. The van der Waals surface area contributed by atoms with Crippen LogP contribution in [0.1, 0.15) is 12.8 Å². The molecule has 0 heterocycles. The molecule has 2 aromatic rings. The van der Waals surface area contributed by atoms with Crippen LogP contribution in [0.5, 0.6) is 5.75 Å². The summed E-state index contributed by atoms with van der Waals surface area (Å²) in [7, 11) is 3.51. The van der Waals surface area contributed by atoms with Crippen molar-refractivity contribution in [2.24, 2.45) is 5.41 Å². The third kappa shape index (κ3) is 3.35. The molecule has 2 aromatic carbocycles.